The van der Waals surface area contributed by atoms with Gasteiger partial charge in [0.25, 0.3) is 0 Å². The zero-order valence-corrected chi connectivity index (χ0v) is 31.8. The summed E-state index contributed by atoms with van der Waals surface area (Å²) in [6, 6.07) is 16.0. The summed E-state index contributed by atoms with van der Waals surface area (Å²) in [6.07, 6.45) is -0.433. The number of benzene rings is 3. The third-order valence-electron chi connectivity index (χ3n) is 8.65. The third kappa shape index (κ3) is 7.38. The number of aryl methyl sites for hydroxylation is 2. The highest BCUT2D eigenvalue weighted by atomic mass is 35.5. The summed E-state index contributed by atoms with van der Waals surface area (Å²) >= 11 is 7.90. The molecule has 3 heterocycles. The fourth-order valence-electron chi connectivity index (χ4n) is 6.58. The predicted molar refractivity (Wildman–Crippen MR) is 200 cm³/mol. The number of esters is 1. The molecule has 5 aromatic rings. The summed E-state index contributed by atoms with van der Waals surface area (Å²) in [6.45, 7) is 16.6. The molecule has 1 fully saturated rings. The molecule has 50 heavy (non-hydrogen) atoms. The van der Waals surface area contributed by atoms with Gasteiger partial charge in [-0.05, 0) is 109 Å². The fraction of sp³-hybridized carbons (Fsp3) is 0.436. The Kier molecular flexibility index (Phi) is 9.76. The van der Waals surface area contributed by atoms with E-state index < -0.39 is 23.3 Å². The molecule has 6 rings (SSSR count). The monoisotopic (exact) mass is 716 g/mol. The second-order valence-corrected chi connectivity index (χ2v) is 16.3. The molecule has 1 saturated heterocycles. The number of nitrogens with zero attached hydrogens (tertiary/aromatic N) is 4. The first kappa shape index (κ1) is 35.8. The lowest BCUT2D eigenvalue weighted by molar-refractivity contribution is -0.166. The summed E-state index contributed by atoms with van der Waals surface area (Å²) < 4.78 is 20.5. The van der Waals surface area contributed by atoms with E-state index in [9.17, 15) is 9.59 Å². The van der Waals surface area contributed by atoms with Gasteiger partial charge in [-0.15, -0.1) is 11.3 Å². The number of carbonyl (C=O) groups excluding carboxylic acids is 2. The van der Waals surface area contributed by atoms with Crippen molar-refractivity contribution in [3.8, 4) is 21.7 Å². The van der Waals surface area contributed by atoms with E-state index in [0.717, 1.165) is 66.1 Å². The number of rotatable bonds is 7. The Bertz CT molecular complexity index is 2070. The molecule has 1 aliphatic rings. The van der Waals surface area contributed by atoms with Crippen molar-refractivity contribution in [3.05, 3.63) is 70.4 Å². The lowest BCUT2D eigenvalue weighted by Gasteiger charge is -2.29. The third-order valence-corrected chi connectivity index (χ3v) is 10.0. The van der Waals surface area contributed by atoms with Crippen molar-refractivity contribution in [1.82, 2.24) is 19.7 Å². The van der Waals surface area contributed by atoms with Crippen LogP contribution in [0.5, 0.6) is 0 Å². The molecule has 3 aromatic carbocycles. The van der Waals surface area contributed by atoms with Crippen molar-refractivity contribution in [2.75, 3.05) is 19.7 Å². The van der Waals surface area contributed by atoms with Crippen LogP contribution < -0.4 is 0 Å². The number of ether oxygens (including phenoxy) is 3. The highest BCUT2D eigenvalue weighted by molar-refractivity contribution is 7.22. The number of hydrogen-bond donors (Lipinski definition) is 0. The summed E-state index contributed by atoms with van der Waals surface area (Å²) in [5, 5.41) is 7.43. The standard InChI is InChI=1S/C39H45ClN4O5S/c1-10-47-36(45)33(48-38(3,4)5)30-22(2)19-28-34(31(30)23-11-14-26(40)15-12-23)50-35(41-28)24-13-16-29-27(20-24)32(42-43(29)9)25-17-18-44(21-25)37(46)49-39(6,7)8/h11-16,19-20,25,33H,10,17-18,21H2,1-9H3/t25?,33-/m0/s1. The normalized spacial score (nSPS) is 16.0. The number of halogens is 1. The quantitative estimate of drug-likeness (QED) is 0.155. The van der Waals surface area contributed by atoms with Gasteiger partial charge < -0.3 is 19.1 Å². The minimum Gasteiger partial charge on any atom is -0.464 e. The fourth-order valence-corrected chi connectivity index (χ4v) is 7.82. The number of fused-ring (bicyclic) bond motifs is 2. The Labute approximate surface area is 302 Å². The zero-order chi connectivity index (χ0) is 36.1. The molecule has 9 nitrogen and oxygen atoms in total. The summed E-state index contributed by atoms with van der Waals surface area (Å²) in [5.74, 6) is -0.349. The van der Waals surface area contributed by atoms with E-state index in [0.29, 0.717) is 18.1 Å². The number of likely N-dealkylation sites (tertiary alicyclic amines) is 1. The van der Waals surface area contributed by atoms with Crippen molar-refractivity contribution >= 4 is 56.1 Å². The average Bonchev–Trinajstić information content (AvgIpc) is 3.76. The van der Waals surface area contributed by atoms with Gasteiger partial charge in [0.05, 0.1) is 33.6 Å². The smallest absolute Gasteiger partial charge is 0.410 e. The van der Waals surface area contributed by atoms with Crippen LogP contribution in [-0.4, -0.2) is 62.6 Å². The van der Waals surface area contributed by atoms with E-state index in [2.05, 4.69) is 18.2 Å². The molecular formula is C39H45ClN4O5S. The zero-order valence-electron chi connectivity index (χ0n) is 30.2. The lowest BCUT2D eigenvalue weighted by Crippen LogP contribution is -2.35. The van der Waals surface area contributed by atoms with Crippen molar-refractivity contribution in [3.63, 3.8) is 0 Å². The van der Waals surface area contributed by atoms with Gasteiger partial charge in [-0.3, -0.25) is 4.68 Å². The van der Waals surface area contributed by atoms with E-state index in [1.54, 1.807) is 23.2 Å². The Morgan fingerprint density at radius 3 is 2.38 bits per heavy atom. The second kappa shape index (κ2) is 13.6. The molecule has 0 radical (unpaired) electrons. The largest absolute Gasteiger partial charge is 0.464 e. The summed E-state index contributed by atoms with van der Waals surface area (Å²) in [5.41, 5.74) is 6.01. The number of thiazole rings is 1. The molecule has 1 amide bonds. The van der Waals surface area contributed by atoms with Crippen LogP contribution in [0, 0.1) is 6.92 Å². The van der Waals surface area contributed by atoms with E-state index in [4.69, 9.17) is 35.9 Å². The van der Waals surface area contributed by atoms with Gasteiger partial charge >= 0.3 is 12.1 Å². The van der Waals surface area contributed by atoms with Crippen LogP contribution in [0.15, 0.2) is 48.5 Å². The van der Waals surface area contributed by atoms with Gasteiger partial charge in [0.1, 0.15) is 10.6 Å². The Morgan fingerprint density at radius 2 is 1.72 bits per heavy atom. The van der Waals surface area contributed by atoms with Gasteiger partial charge in [0, 0.05) is 53.2 Å². The van der Waals surface area contributed by atoms with Gasteiger partial charge in [-0.1, -0.05) is 23.7 Å². The highest BCUT2D eigenvalue weighted by Crippen LogP contribution is 2.45. The number of hydrogen-bond acceptors (Lipinski definition) is 8. The van der Waals surface area contributed by atoms with Crippen molar-refractivity contribution in [2.45, 2.75) is 85.0 Å². The molecule has 0 bridgehead atoms. The van der Waals surface area contributed by atoms with Crippen molar-refractivity contribution < 1.29 is 23.8 Å². The van der Waals surface area contributed by atoms with E-state index in [1.807, 2.05) is 90.5 Å². The van der Waals surface area contributed by atoms with E-state index in [-0.39, 0.29) is 18.6 Å². The van der Waals surface area contributed by atoms with Crippen LogP contribution in [0.25, 0.3) is 42.8 Å². The van der Waals surface area contributed by atoms with Crippen LogP contribution in [0.1, 0.15) is 83.7 Å². The molecular weight excluding hydrogens is 672 g/mol. The molecule has 0 saturated carbocycles. The molecule has 0 spiro atoms. The Morgan fingerprint density at radius 1 is 1.02 bits per heavy atom. The SMILES string of the molecule is CCOC(=O)[C@@H](OC(C)(C)C)c1c(C)cc2nc(-c3ccc4c(c3)c(C3CCN(C(=O)OC(C)(C)C)C3)nn4C)sc2c1-c1ccc(Cl)cc1. The summed E-state index contributed by atoms with van der Waals surface area (Å²) in [7, 11) is 1.95. The first-order valence-electron chi connectivity index (χ1n) is 17.0. The first-order valence-corrected chi connectivity index (χ1v) is 18.2. The number of aromatic nitrogens is 3. The topological polar surface area (TPSA) is 95.8 Å². The second-order valence-electron chi connectivity index (χ2n) is 14.9. The van der Waals surface area contributed by atoms with Gasteiger partial charge in [-0.25, -0.2) is 14.6 Å². The molecule has 2 aromatic heterocycles. The average molecular weight is 717 g/mol. The van der Waals surface area contributed by atoms with Crippen LogP contribution in [-0.2, 0) is 26.1 Å². The van der Waals surface area contributed by atoms with Gasteiger partial charge in [0.2, 0.25) is 0 Å². The molecule has 0 aliphatic carbocycles. The molecule has 1 unspecified atom stereocenters. The molecule has 2 atom stereocenters. The maximum atomic E-state index is 13.5. The van der Waals surface area contributed by atoms with Gasteiger partial charge in [-0.2, -0.15) is 5.10 Å². The molecule has 11 heteroatoms. The highest BCUT2D eigenvalue weighted by Gasteiger charge is 2.35. The Balaban J connectivity index is 1.46. The molecule has 1 aliphatic heterocycles. The lowest BCUT2D eigenvalue weighted by atomic mass is 9.91. The molecule has 264 valence electrons. The first-order chi connectivity index (χ1) is 23.5. The van der Waals surface area contributed by atoms with Gasteiger partial charge in [0.15, 0.2) is 6.10 Å². The van der Waals surface area contributed by atoms with E-state index in [1.165, 1.54) is 0 Å². The van der Waals surface area contributed by atoms with Crippen molar-refractivity contribution in [1.29, 1.82) is 0 Å². The minimum absolute atomic E-state index is 0.0844. The van der Waals surface area contributed by atoms with Crippen LogP contribution in [0.3, 0.4) is 0 Å². The predicted octanol–water partition coefficient (Wildman–Crippen LogP) is 9.62. The maximum Gasteiger partial charge on any atom is 0.410 e. The Hall–Kier alpha value is -3.99. The van der Waals surface area contributed by atoms with Crippen LogP contribution >= 0.6 is 22.9 Å². The van der Waals surface area contributed by atoms with E-state index >= 15 is 0 Å². The molecule has 0 N–H and O–H groups in total. The van der Waals surface area contributed by atoms with Crippen LogP contribution in [0.4, 0.5) is 4.79 Å². The maximum absolute atomic E-state index is 13.5. The van der Waals surface area contributed by atoms with Crippen LogP contribution in [0.2, 0.25) is 5.02 Å². The summed E-state index contributed by atoms with van der Waals surface area (Å²) in [4.78, 5) is 33.3. The number of carbonyl (C=O) groups is 2. The number of amides is 1. The minimum atomic E-state index is -0.948. The van der Waals surface area contributed by atoms with Crippen molar-refractivity contribution in [2.24, 2.45) is 7.05 Å².